The van der Waals surface area contributed by atoms with Crippen LogP contribution in [0.25, 0.3) is 0 Å². The maximum atomic E-state index is 11.7. The molecule has 2 saturated heterocycles. The molecule has 3 heteroatoms. The molecule has 2 fully saturated rings. The van der Waals surface area contributed by atoms with Gasteiger partial charge in [-0.15, -0.1) is 0 Å². The molecule has 0 aliphatic carbocycles. The van der Waals surface area contributed by atoms with Crippen LogP contribution in [0.5, 0.6) is 0 Å². The Hall–Kier alpha value is -1.35. The molecule has 3 nitrogen and oxygen atoms in total. The highest BCUT2D eigenvalue weighted by Gasteiger charge is 2.32. The fourth-order valence-electron chi connectivity index (χ4n) is 3.11. The van der Waals surface area contributed by atoms with Gasteiger partial charge in [-0.1, -0.05) is 30.3 Å². The maximum Gasteiger partial charge on any atom is 0.222 e. The zero-order chi connectivity index (χ0) is 12.4. The van der Waals surface area contributed by atoms with E-state index in [0.717, 1.165) is 45.4 Å². The first-order valence-corrected chi connectivity index (χ1v) is 6.89. The van der Waals surface area contributed by atoms with E-state index in [4.69, 9.17) is 0 Å². The third-order valence-electron chi connectivity index (χ3n) is 4.05. The monoisotopic (exact) mass is 244 g/mol. The molecule has 0 saturated carbocycles. The number of carbonyl (C=O) groups excluding carboxylic acids is 1. The summed E-state index contributed by atoms with van der Waals surface area (Å²) < 4.78 is 0. The number of likely N-dealkylation sites (tertiary alicyclic amines) is 2. The van der Waals surface area contributed by atoms with Crippen LogP contribution in [-0.2, 0) is 11.3 Å². The van der Waals surface area contributed by atoms with Crippen LogP contribution in [-0.4, -0.2) is 41.4 Å². The molecule has 3 rings (SSSR count). The van der Waals surface area contributed by atoms with E-state index in [1.54, 1.807) is 0 Å². The summed E-state index contributed by atoms with van der Waals surface area (Å²) in [5.74, 6) is 0.363. The zero-order valence-electron chi connectivity index (χ0n) is 10.7. The number of benzene rings is 1. The normalized spacial score (nSPS) is 25.0. The maximum absolute atomic E-state index is 11.7. The number of carbonyl (C=O) groups is 1. The molecule has 18 heavy (non-hydrogen) atoms. The fraction of sp³-hybridized carbons (Fsp3) is 0.533. The van der Waals surface area contributed by atoms with E-state index in [0.29, 0.717) is 11.9 Å². The first-order chi connectivity index (χ1) is 8.83. The zero-order valence-corrected chi connectivity index (χ0v) is 10.7. The van der Waals surface area contributed by atoms with Gasteiger partial charge in [0, 0.05) is 38.6 Å². The Morgan fingerprint density at radius 1 is 1.17 bits per heavy atom. The first-order valence-electron chi connectivity index (χ1n) is 6.89. The average Bonchev–Trinajstić information content (AvgIpc) is 2.99. The number of hydrogen-bond donors (Lipinski definition) is 0. The van der Waals surface area contributed by atoms with Crippen molar-refractivity contribution < 1.29 is 4.79 Å². The lowest BCUT2D eigenvalue weighted by Gasteiger charge is -2.24. The highest BCUT2D eigenvalue weighted by Crippen LogP contribution is 2.22. The molecule has 1 aromatic rings. The molecule has 0 N–H and O–H groups in total. The van der Waals surface area contributed by atoms with Gasteiger partial charge in [0.2, 0.25) is 5.91 Å². The van der Waals surface area contributed by atoms with Crippen molar-refractivity contribution in [2.45, 2.75) is 31.8 Å². The molecule has 0 aromatic heterocycles. The molecule has 1 amide bonds. The van der Waals surface area contributed by atoms with Crippen molar-refractivity contribution in [1.29, 1.82) is 0 Å². The van der Waals surface area contributed by atoms with Gasteiger partial charge in [-0.2, -0.15) is 0 Å². The standard InChI is InChI=1S/C15H20N2O/c18-15-7-4-9-17(15)14-8-10-16(12-14)11-13-5-2-1-3-6-13/h1-3,5-6,14H,4,7-12H2/t14-/m1/s1. The smallest absolute Gasteiger partial charge is 0.222 e. The molecule has 0 unspecified atom stereocenters. The lowest BCUT2D eigenvalue weighted by molar-refractivity contribution is -0.129. The molecular formula is C15H20N2O. The summed E-state index contributed by atoms with van der Waals surface area (Å²) in [5.41, 5.74) is 1.37. The van der Waals surface area contributed by atoms with Gasteiger partial charge in [0.05, 0.1) is 0 Å². The van der Waals surface area contributed by atoms with E-state index in [2.05, 4.69) is 40.1 Å². The molecule has 2 aliphatic heterocycles. The second kappa shape index (κ2) is 5.11. The molecule has 0 spiro atoms. The number of nitrogens with zero attached hydrogens (tertiary/aromatic N) is 2. The molecular weight excluding hydrogens is 224 g/mol. The van der Waals surface area contributed by atoms with Crippen molar-refractivity contribution in [1.82, 2.24) is 9.80 Å². The van der Waals surface area contributed by atoms with Crippen molar-refractivity contribution in [3.63, 3.8) is 0 Å². The van der Waals surface area contributed by atoms with E-state index in [9.17, 15) is 4.79 Å². The molecule has 96 valence electrons. The number of amides is 1. The molecule has 2 aliphatic rings. The molecule has 0 radical (unpaired) electrons. The summed E-state index contributed by atoms with van der Waals surface area (Å²) in [7, 11) is 0. The van der Waals surface area contributed by atoms with Crippen LogP contribution in [0, 0.1) is 0 Å². The van der Waals surface area contributed by atoms with E-state index in [1.807, 2.05) is 0 Å². The van der Waals surface area contributed by atoms with Gasteiger partial charge in [-0.3, -0.25) is 9.69 Å². The van der Waals surface area contributed by atoms with Crippen LogP contribution in [0.2, 0.25) is 0 Å². The lowest BCUT2D eigenvalue weighted by Crippen LogP contribution is -2.38. The summed E-state index contributed by atoms with van der Waals surface area (Å²) in [6.07, 6.45) is 2.95. The highest BCUT2D eigenvalue weighted by molar-refractivity contribution is 5.78. The Labute approximate surface area is 108 Å². The molecule has 1 atom stereocenters. The van der Waals surface area contributed by atoms with Crippen molar-refractivity contribution in [3.8, 4) is 0 Å². The van der Waals surface area contributed by atoms with Crippen LogP contribution in [0.4, 0.5) is 0 Å². The Morgan fingerprint density at radius 2 is 2.00 bits per heavy atom. The summed E-state index contributed by atoms with van der Waals surface area (Å²) in [6.45, 7) is 4.14. The third kappa shape index (κ3) is 2.41. The third-order valence-corrected chi connectivity index (χ3v) is 4.05. The predicted octanol–water partition coefficient (Wildman–Crippen LogP) is 1.88. The Bertz CT molecular complexity index is 418. The van der Waals surface area contributed by atoms with Gasteiger partial charge >= 0.3 is 0 Å². The van der Waals surface area contributed by atoms with E-state index < -0.39 is 0 Å². The van der Waals surface area contributed by atoms with Crippen LogP contribution in [0.3, 0.4) is 0 Å². The molecule has 0 bridgehead atoms. The minimum atomic E-state index is 0.363. The Morgan fingerprint density at radius 3 is 2.72 bits per heavy atom. The summed E-state index contributed by atoms with van der Waals surface area (Å²) in [5, 5.41) is 0. The Kier molecular flexibility index (Phi) is 3.33. The highest BCUT2D eigenvalue weighted by atomic mass is 16.2. The second-order valence-corrected chi connectivity index (χ2v) is 5.35. The van der Waals surface area contributed by atoms with Crippen LogP contribution < -0.4 is 0 Å². The molecule has 1 aromatic carbocycles. The van der Waals surface area contributed by atoms with Gasteiger partial charge in [0.15, 0.2) is 0 Å². The number of rotatable bonds is 3. The van der Waals surface area contributed by atoms with Crippen molar-refractivity contribution in [3.05, 3.63) is 35.9 Å². The van der Waals surface area contributed by atoms with Crippen LogP contribution >= 0.6 is 0 Å². The van der Waals surface area contributed by atoms with Gasteiger partial charge in [-0.25, -0.2) is 0 Å². The van der Waals surface area contributed by atoms with Crippen LogP contribution in [0.1, 0.15) is 24.8 Å². The SMILES string of the molecule is O=C1CCCN1[C@@H]1CCN(Cc2ccccc2)C1. The summed E-state index contributed by atoms with van der Waals surface area (Å²) in [4.78, 5) is 16.3. The van der Waals surface area contributed by atoms with Gasteiger partial charge in [0.25, 0.3) is 0 Å². The first kappa shape index (κ1) is 11.7. The van der Waals surface area contributed by atoms with Crippen molar-refractivity contribution >= 4 is 5.91 Å². The van der Waals surface area contributed by atoms with Crippen molar-refractivity contribution in [2.24, 2.45) is 0 Å². The predicted molar refractivity (Wildman–Crippen MR) is 71.1 cm³/mol. The average molecular weight is 244 g/mol. The lowest BCUT2D eigenvalue weighted by atomic mass is 10.2. The topological polar surface area (TPSA) is 23.6 Å². The summed E-state index contributed by atoms with van der Waals surface area (Å²) >= 11 is 0. The van der Waals surface area contributed by atoms with E-state index in [-0.39, 0.29) is 0 Å². The quantitative estimate of drug-likeness (QED) is 0.810. The van der Waals surface area contributed by atoms with Crippen LogP contribution in [0.15, 0.2) is 30.3 Å². The minimum absolute atomic E-state index is 0.363. The second-order valence-electron chi connectivity index (χ2n) is 5.35. The van der Waals surface area contributed by atoms with E-state index in [1.165, 1.54) is 5.56 Å². The summed E-state index contributed by atoms with van der Waals surface area (Å²) in [6, 6.07) is 11.0. The Balaban J connectivity index is 1.57. The van der Waals surface area contributed by atoms with Gasteiger partial charge in [-0.05, 0) is 18.4 Å². The van der Waals surface area contributed by atoms with Gasteiger partial charge < -0.3 is 4.90 Å². The van der Waals surface area contributed by atoms with Gasteiger partial charge in [0.1, 0.15) is 0 Å². The van der Waals surface area contributed by atoms with E-state index >= 15 is 0 Å². The number of hydrogen-bond acceptors (Lipinski definition) is 2. The molecule has 2 heterocycles. The van der Waals surface area contributed by atoms with Crippen molar-refractivity contribution in [2.75, 3.05) is 19.6 Å². The fourth-order valence-corrected chi connectivity index (χ4v) is 3.11. The minimum Gasteiger partial charge on any atom is -0.338 e. The largest absolute Gasteiger partial charge is 0.338 e.